The first-order chi connectivity index (χ1) is 13.8. The Hall–Kier alpha value is -3.22. The standard InChI is InChI=1S/C22H23FN2O4/c1-14(26)24-20-9-8-18(22(28)29)12-25(13-20)21(27)17-6-2-4-15(10-17)16-5-3-7-19(23)11-16/h2-7,10-11,18,20H,8-9,12-13H2,1H3,(H,24,26)(H,28,29)/t18-,20+/m0/s1. The van der Waals surface area contributed by atoms with Crippen molar-refractivity contribution in [1.82, 2.24) is 10.2 Å². The van der Waals surface area contributed by atoms with Crippen molar-refractivity contribution in [2.24, 2.45) is 5.92 Å². The molecule has 6 nitrogen and oxygen atoms in total. The first kappa shape index (κ1) is 20.5. The topological polar surface area (TPSA) is 86.7 Å². The molecule has 0 unspecified atom stereocenters. The van der Waals surface area contributed by atoms with Crippen LogP contribution in [0, 0.1) is 11.7 Å². The molecule has 2 atom stereocenters. The average molecular weight is 398 g/mol. The Balaban J connectivity index is 1.87. The quantitative estimate of drug-likeness (QED) is 0.829. The van der Waals surface area contributed by atoms with Crippen molar-refractivity contribution in [3.05, 3.63) is 59.9 Å². The van der Waals surface area contributed by atoms with Crippen LogP contribution in [0.15, 0.2) is 48.5 Å². The van der Waals surface area contributed by atoms with Gasteiger partial charge in [0, 0.05) is 31.6 Å². The molecular formula is C22H23FN2O4. The molecule has 0 bridgehead atoms. The number of hydrogen-bond donors (Lipinski definition) is 2. The highest BCUT2D eigenvalue weighted by molar-refractivity contribution is 5.96. The van der Waals surface area contributed by atoms with Gasteiger partial charge in [-0.25, -0.2) is 4.39 Å². The number of benzene rings is 2. The van der Waals surface area contributed by atoms with E-state index in [0.717, 1.165) is 0 Å². The number of aliphatic carboxylic acids is 1. The molecule has 7 heteroatoms. The third-order valence-electron chi connectivity index (χ3n) is 5.06. The normalized spacial score (nSPS) is 19.3. The van der Waals surface area contributed by atoms with Gasteiger partial charge >= 0.3 is 5.97 Å². The van der Waals surface area contributed by atoms with Gasteiger partial charge in [-0.05, 0) is 48.2 Å². The van der Waals surface area contributed by atoms with Gasteiger partial charge in [-0.2, -0.15) is 0 Å². The lowest BCUT2D eigenvalue weighted by Crippen LogP contribution is -2.44. The van der Waals surface area contributed by atoms with Crippen LogP contribution in [0.3, 0.4) is 0 Å². The number of carbonyl (C=O) groups excluding carboxylic acids is 2. The lowest BCUT2D eigenvalue weighted by Gasteiger charge is -2.26. The monoisotopic (exact) mass is 398 g/mol. The van der Waals surface area contributed by atoms with Crippen LogP contribution in [-0.2, 0) is 9.59 Å². The van der Waals surface area contributed by atoms with Crippen LogP contribution in [-0.4, -0.2) is 46.9 Å². The zero-order chi connectivity index (χ0) is 21.0. The molecule has 29 heavy (non-hydrogen) atoms. The van der Waals surface area contributed by atoms with Gasteiger partial charge in [0.1, 0.15) is 5.82 Å². The predicted octanol–water partition coefficient (Wildman–Crippen LogP) is 2.93. The van der Waals surface area contributed by atoms with Crippen LogP contribution in [0.5, 0.6) is 0 Å². The van der Waals surface area contributed by atoms with E-state index in [0.29, 0.717) is 29.5 Å². The molecule has 1 aliphatic rings. The van der Waals surface area contributed by atoms with Crippen LogP contribution in [0.4, 0.5) is 4.39 Å². The summed E-state index contributed by atoms with van der Waals surface area (Å²) in [6.07, 6.45) is 0.872. The number of rotatable bonds is 4. The summed E-state index contributed by atoms with van der Waals surface area (Å²) in [6, 6.07) is 12.6. The molecule has 1 aliphatic heterocycles. The Labute approximate surface area is 168 Å². The van der Waals surface area contributed by atoms with Gasteiger partial charge < -0.3 is 15.3 Å². The molecule has 2 N–H and O–H groups in total. The number of hydrogen-bond acceptors (Lipinski definition) is 3. The highest BCUT2D eigenvalue weighted by Crippen LogP contribution is 2.24. The Kier molecular flexibility index (Phi) is 6.26. The Morgan fingerprint density at radius 3 is 2.38 bits per heavy atom. The van der Waals surface area contributed by atoms with E-state index in [1.807, 2.05) is 0 Å². The number of carbonyl (C=O) groups is 3. The number of nitrogens with one attached hydrogen (secondary N) is 1. The summed E-state index contributed by atoms with van der Waals surface area (Å²) in [5.74, 6) is -2.55. The number of carboxylic acid groups (broad SMARTS) is 1. The molecule has 1 saturated heterocycles. The van der Waals surface area contributed by atoms with E-state index in [4.69, 9.17) is 0 Å². The first-order valence-electron chi connectivity index (χ1n) is 9.48. The molecule has 1 fully saturated rings. The van der Waals surface area contributed by atoms with Crippen LogP contribution in [0.1, 0.15) is 30.1 Å². The van der Waals surface area contributed by atoms with E-state index in [2.05, 4.69) is 5.32 Å². The van der Waals surface area contributed by atoms with Gasteiger partial charge in [-0.15, -0.1) is 0 Å². The highest BCUT2D eigenvalue weighted by Gasteiger charge is 2.31. The molecule has 0 saturated carbocycles. The molecule has 0 aliphatic carbocycles. The molecule has 2 aromatic carbocycles. The molecule has 2 aromatic rings. The van der Waals surface area contributed by atoms with Crippen molar-refractivity contribution < 1.29 is 23.9 Å². The number of amides is 2. The summed E-state index contributed by atoms with van der Waals surface area (Å²) < 4.78 is 13.5. The van der Waals surface area contributed by atoms with Gasteiger partial charge in [-0.3, -0.25) is 14.4 Å². The fraction of sp³-hybridized carbons (Fsp3) is 0.318. The fourth-order valence-electron chi connectivity index (χ4n) is 3.65. The average Bonchev–Trinajstić information content (AvgIpc) is 2.90. The summed E-state index contributed by atoms with van der Waals surface area (Å²) in [7, 11) is 0. The first-order valence-corrected chi connectivity index (χ1v) is 9.48. The molecule has 152 valence electrons. The van der Waals surface area contributed by atoms with Crippen molar-refractivity contribution in [1.29, 1.82) is 0 Å². The smallest absolute Gasteiger partial charge is 0.308 e. The fourth-order valence-corrected chi connectivity index (χ4v) is 3.65. The third-order valence-corrected chi connectivity index (χ3v) is 5.06. The van der Waals surface area contributed by atoms with Crippen molar-refractivity contribution in [3.63, 3.8) is 0 Å². The van der Waals surface area contributed by atoms with Gasteiger partial charge in [0.2, 0.25) is 5.91 Å². The third kappa shape index (κ3) is 5.19. The Morgan fingerprint density at radius 2 is 1.72 bits per heavy atom. The maximum atomic E-state index is 13.5. The lowest BCUT2D eigenvalue weighted by molar-refractivity contribution is -0.142. The number of likely N-dealkylation sites (tertiary alicyclic amines) is 1. The second-order valence-electron chi connectivity index (χ2n) is 7.31. The van der Waals surface area contributed by atoms with Crippen LogP contribution in [0.2, 0.25) is 0 Å². The van der Waals surface area contributed by atoms with Crippen molar-refractivity contribution in [2.75, 3.05) is 13.1 Å². The van der Waals surface area contributed by atoms with Gasteiger partial charge in [-0.1, -0.05) is 24.3 Å². The maximum Gasteiger partial charge on any atom is 0.308 e. The van der Waals surface area contributed by atoms with Gasteiger partial charge in [0.25, 0.3) is 5.91 Å². The second-order valence-corrected chi connectivity index (χ2v) is 7.31. The van der Waals surface area contributed by atoms with E-state index in [9.17, 15) is 23.9 Å². The summed E-state index contributed by atoms with van der Waals surface area (Å²) in [5, 5.41) is 12.3. The zero-order valence-electron chi connectivity index (χ0n) is 16.1. The van der Waals surface area contributed by atoms with E-state index in [1.165, 1.54) is 24.0 Å². The molecule has 0 radical (unpaired) electrons. The van der Waals surface area contributed by atoms with Crippen LogP contribution >= 0.6 is 0 Å². The summed E-state index contributed by atoms with van der Waals surface area (Å²) >= 11 is 0. The second kappa shape index (κ2) is 8.86. The number of nitrogens with zero attached hydrogens (tertiary/aromatic N) is 1. The lowest BCUT2D eigenvalue weighted by atomic mass is 10.0. The SMILES string of the molecule is CC(=O)N[C@@H]1CC[C@H](C(=O)O)CN(C(=O)c2cccc(-c3cccc(F)c3)c2)C1. The summed E-state index contributed by atoms with van der Waals surface area (Å²) in [6.45, 7) is 1.72. The van der Waals surface area contributed by atoms with Gasteiger partial charge in [0.05, 0.1) is 5.92 Å². The minimum Gasteiger partial charge on any atom is -0.481 e. The van der Waals surface area contributed by atoms with Crippen molar-refractivity contribution in [2.45, 2.75) is 25.8 Å². The summed E-state index contributed by atoms with van der Waals surface area (Å²) in [5.41, 5.74) is 1.73. The van der Waals surface area contributed by atoms with E-state index in [-0.39, 0.29) is 36.8 Å². The molecule has 0 spiro atoms. The predicted molar refractivity (Wildman–Crippen MR) is 106 cm³/mol. The van der Waals surface area contributed by atoms with Crippen molar-refractivity contribution in [3.8, 4) is 11.1 Å². The van der Waals surface area contributed by atoms with E-state index in [1.54, 1.807) is 36.4 Å². The maximum absolute atomic E-state index is 13.5. The molecule has 2 amide bonds. The minimum absolute atomic E-state index is 0.0778. The highest BCUT2D eigenvalue weighted by atomic mass is 19.1. The molecular weight excluding hydrogens is 375 g/mol. The van der Waals surface area contributed by atoms with Crippen LogP contribution in [0.25, 0.3) is 11.1 Å². The largest absolute Gasteiger partial charge is 0.481 e. The minimum atomic E-state index is -0.959. The van der Waals surface area contributed by atoms with Crippen LogP contribution < -0.4 is 5.32 Å². The number of carboxylic acids is 1. The molecule has 1 heterocycles. The Bertz CT molecular complexity index is 931. The van der Waals surface area contributed by atoms with Gasteiger partial charge in [0.15, 0.2) is 0 Å². The zero-order valence-corrected chi connectivity index (χ0v) is 16.1. The van der Waals surface area contributed by atoms with E-state index >= 15 is 0 Å². The summed E-state index contributed by atoms with van der Waals surface area (Å²) in [4.78, 5) is 37.6. The molecule has 3 rings (SSSR count). The van der Waals surface area contributed by atoms with E-state index < -0.39 is 11.9 Å². The number of halogens is 1. The Morgan fingerprint density at radius 1 is 1.03 bits per heavy atom. The van der Waals surface area contributed by atoms with Crippen molar-refractivity contribution >= 4 is 17.8 Å². The molecule has 0 aromatic heterocycles.